The fraction of sp³-hybridized carbons (Fsp3) is 0.208. The van der Waals surface area contributed by atoms with Crippen molar-refractivity contribution in [1.29, 1.82) is 0 Å². The van der Waals surface area contributed by atoms with Crippen LogP contribution in [0.25, 0.3) is 11.1 Å². The van der Waals surface area contributed by atoms with E-state index in [2.05, 4.69) is 0 Å². The van der Waals surface area contributed by atoms with Crippen LogP contribution in [-0.2, 0) is 14.8 Å². The molecule has 0 radical (unpaired) electrons. The average molecular weight is 455 g/mol. The maximum atomic E-state index is 13.1. The van der Waals surface area contributed by atoms with Gasteiger partial charge in [0.1, 0.15) is 11.6 Å². The first-order valence-electron chi connectivity index (χ1n) is 10.3. The van der Waals surface area contributed by atoms with Crippen molar-refractivity contribution in [1.82, 2.24) is 9.21 Å². The van der Waals surface area contributed by atoms with Gasteiger partial charge in [-0.3, -0.25) is 4.79 Å². The first-order chi connectivity index (χ1) is 15.4. The summed E-state index contributed by atoms with van der Waals surface area (Å²) in [6.45, 7) is 0.787. The molecule has 3 aromatic carbocycles. The molecule has 0 saturated carbocycles. The minimum atomic E-state index is -3.71. The van der Waals surface area contributed by atoms with E-state index in [4.69, 9.17) is 4.74 Å². The molecule has 3 aromatic rings. The summed E-state index contributed by atoms with van der Waals surface area (Å²) in [5, 5.41) is 0. The molecule has 4 rings (SSSR count). The fourth-order valence-corrected chi connectivity index (χ4v) is 4.97. The zero-order valence-corrected chi connectivity index (χ0v) is 18.2. The van der Waals surface area contributed by atoms with Crippen molar-refractivity contribution < 1.29 is 22.3 Å². The zero-order valence-electron chi connectivity index (χ0n) is 17.4. The second-order valence-electron chi connectivity index (χ2n) is 7.42. The molecule has 8 heteroatoms. The van der Waals surface area contributed by atoms with E-state index < -0.39 is 15.8 Å². The van der Waals surface area contributed by atoms with Crippen LogP contribution in [0.3, 0.4) is 0 Å². The maximum absolute atomic E-state index is 13.1. The molecule has 0 N–H and O–H groups in total. The Morgan fingerprint density at radius 1 is 0.812 bits per heavy atom. The van der Waals surface area contributed by atoms with Gasteiger partial charge < -0.3 is 9.64 Å². The van der Waals surface area contributed by atoms with Crippen molar-refractivity contribution in [2.75, 3.05) is 32.8 Å². The van der Waals surface area contributed by atoms with Crippen LogP contribution in [0.2, 0.25) is 0 Å². The van der Waals surface area contributed by atoms with Crippen LogP contribution < -0.4 is 4.74 Å². The zero-order chi connectivity index (χ0) is 22.6. The summed E-state index contributed by atoms with van der Waals surface area (Å²) in [6.07, 6.45) is 0. The van der Waals surface area contributed by atoms with E-state index >= 15 is 0 Å². The summed E-state index contributed by atoms with van der Waals surface area (Å²) in [7, 11) is -3.71. The van der Waals surface area contributed by atoms with Gasteiger partial charge in [-0.2, -0.15) is 4.31 Å². The molecule has 0 bridgehead atoms. The summed E-state index contributed by atoms with van der Waals surface area (Å²) in [5.41, 5.74) is 2.16. The maximum Gasteiger partial charge on any atom is 0.260 e. The number of nitrogens with zero attached hydrogens (tertiary/aromatic N) is 2. The Balaban J connectivity index is 1.29. The number of benzene rings is 3. The Morgan fingerprint density at radius 3 is 2.03 bits per heavy atom. The van der Waals surface area contributed by atoms with Crippen molar-refractivity contribution in [3.8, 4) is 16.9 Å². The first-order valence-corrected chi connectivity index (χ1v) is 11.7. The lowest BCUT2D eigenvalue weighted by Gasteiger charge is -2.34. The van der Waals surface area contributed by atoms with E-state index in [1.807, 2.05) is 54.6 Å². The van der Waals surface area contributed by atoms with Crippen molar-refractivity contribution in [2.45, 2.75) is 4.90 Å². The van der Waals surface area contributed by atoms with E-state index in [-0.39, 0.29) is 43.6 Å². The van der Waals surface area contributed by atoms with Gasteiger partial charge in [-0.05, 0) is 47.5 Å². The smallest absolute Gasteiger partial charge is 0.260 e. The minimum Gasteiger partial charge on any atom is -0.484 e. The molecule has 1 aliphatic heterocycles. The van der Waals surface area contributed by atoms with Crippen molar-refractivity contribution in [2.24, 2.45) is 0 Å². The lowest BCUT2D eigenvalue weighted by Crippen LogP contribution is -2.51. The van der Waals surface area contributed by atoms with Crippen LogP contribution in [0.4, 0.5) is 4.39 Å². The number of amides is 1. The van der Waals surface area contributed by atoms with Crippen LogP contribution in [0.1, 0.15) is 0 Å². The number of hydrogen-bond donors (Lipinski definition) is 0. The summed E-state index contributed by atoms with van der Waals surface area (Å²) in [4.78, 5) is 14.1. The van der Waals surface area contributed by atoms with Gasteiger partial charge in [0.05, 0.1) is 4.90 Å². The highest BCUT2D eigenvalue weighted by Crippen LogP contribution is 2.22. The van der Waals surface area contributed by atoms with Crippen molar-refractivity contribution >= 4 is 15.9 Å². The topological polar surface area (TPSA) is 66.9 Å². The van der Waals surface area contributed by atoms with Gasteiger partial charge in [0.25, 0.3) is 5.91 Å². The molecule has 1 aliphatic rings. The third kappa shape index (κ3) is 4.98. The molecule has 1 amide bonds. The molecule has 0 atom stereocenters. The number of halogens is 1. The largest absolute Gasteiger partial charge is 0.484 e. The third-order valence-electron chi connectivity index (χ3n) is 5.37. The van der Waals surface area contributed by atoms with E-state index in [0.29, 0.717) is 5.75 Å². The summed E-state index contributed by atoms with van der Waals surface area (Å²) >= 11 is 0. The van der Waals surface area contributed by atoms with Crippen LogP contribution >= 0.6 is 0 Å². The predicted molar refractivity (Wildman–Crippen MR) is 119 cm³/mol. The molecule has 0 aliphatic carbocycles. The highest BCUT2D eigenvalue weighted by molar-refractivity contribution is 7.89. The Kier molecular flexibility index (Phi) is 6.53. The molecule has 0 unspecified atom stereocenters. The van der Waals surface area contributed by atoms with Gasteiger partial charge in [-0.25, -0.2) is 12.8 Å². The SMILES string of the molecule is O=C(COc1ccc(-c2ccccc2)cc1)N1CCN(S(=O)(=O)c2ccc(F)cc2)CC1. The molecule has 6 nitrogen and oxygen atoms in total. The molecule has 0 aromatic heterocycles. The van der Waals surface area contributed by atoms with Gasteiger partial charge in [0.2, 0.25) is 10.0 Å². The molecular weight excluding hydrogens is 431 g/mol. The number of hydrogen-bond acceptors (Lipinski definition) is 4. The van der Waals surface area contributed by atoms with Gasteiger partial charge >= 0.3 is 0 Å². The van der Waals surface area contributed by atoms with Crippen LogP contribution in [0.15, 0.2) is 83.8 Å². The molecular formula is C24H23FN2O4S. The minimum absolute atomic E-state index is 0.0426. The number of ether oxygens (including phenoxy) is 1. The van der Waals surface area contributed by atoms with E-state index in [1.54, 1.807) is 4.90 Å². The second kappa shape index (κ2) is 9.50. The predicted octanol–water partition coefficient (Wildman–Crippen LogP) is 3.40. The Morgan fingerprint density at radius 2 is 1.41 bits per heavy atom. The van der Waals surface area contributed by atoms with E-state index in [9.17, 15) is 17.6 Å². The number of rotatable bonds is 6. The van der Waals surface area contributed by atoms with Gasteiger partial charge in [0, 0.05) is 26.2 Å². The number of carbonyl (C=O) groups is 1. The molecule has 1 fully saturated rings. The number of sulfonamides is 1. The van der Waals surface area contributed by atoms with Crippen molar-refractivity contribution in [3.63, 3.8) is 0 Å². The van der Waals surface area contributed by atoms with Gasteiger partial charge in [-0.1, -0.05) is 42.5 Å². The lowest BCUT2D eigenvalue weighted by molar-refractivity contribution is -0.134. The molecule has 166 valence electrons. The molecule has 32 heavy (non-hydrogen) atoms. The van der Waals surface area contributed by atoms with E-state index in [1.165, 1.54) is 16.4 Å². The fourth-order valence-electron chi connectivity index (χ4n) is 3.54. The number of piperazine rings is 1. The van der Waals surface area contributed by atoms with Crippen LogP contribution in [-0.4, -0.2) is 56.3 Å². The molecule has 1 saturated heterocycles. The Hall–Kier alpha value is -3.23. The average Bonchev–Trinajstić information content (AvgIpc) is 2.84. The molecule has 0 spiro atoms. The van der Waals surface area contributed by atoms with E-state index in [0.717, 1.165) is 23.3 Å². The lowest BCUT2D eigenvalue weighted by atomic mass is 10.1. The van der Waals surface area contributed by atoms with Crippen molar-refractivity contribution in [3.05, 3.63) is 84.7 Å². The standard InChI is InChI=1S/C24H23FN2O4S/c25-21-8-12-23(13-9-21)32(29,30)27-16-14-26(15-17-27)24(28)18-31-22-10-6-20(7-11-22)19-4-2-1-3-5-19/h1-13H,14-18H2. The Labute approximate surface area is 186 Å². The van der Waals surface area contributed by atoms with Crippen LogP contribution in [0.5, 0.6) is 5.75 Å². The summed E-state index contributed by atoms with van der Waals surface area (Å²) < 4.78 is 45.4. The summed E-state index contributed by atoms with van der Waals surface area (Å²) in [5.74, 6) is -0.0967. The highest BCUT2D eigenvalue weighted by atomic mass is 32.2. The first kappa shape index (κ1) is 22.0. The highest BCUT2D eigenvalue weighted by Gasteiger charge is 2.30. The second-order valence-corrected chi connectivity index (χ2v) is 9.36. The quantitative estimate of drug-likeness (QED) is 0.573. The molecule has 1 heterocycles. The van der Waals surface area contributed by atoms with Gasteiger partial charge in [-0.15, -0.1) is 0 Å². The third-order valence-corrected chi connectivity index (χ3v) is 7.28. The number of carbonyl (C=O) groups excluding carboxylic acids is 1. The normalized spacial score (nSPS) is 14.8. The summed E-state index contributed by atoms with van der Waals surface area (Å²) in [6, 6.07) is 22.2. The monoisotopic (exact) mass is 454 g/mol. The van der Waals surface area contributed by atoms with Crippen LogP contribution in [0, 0.1) is 5.82 Å². The Bertz CT molecular complexity index is 1160. The van der Waals surface area contributed by atoms with Gasteiger partial charge in [0.15, 0.2) is 6.61 Å².